The lowest BCUT2D eigenvalue weighted by Gasteiger charge is -2.32. The summed E-state index contributed by atoms with van der Waals surface area (Å²) in [7, 11) is 0. The molecule has 98 valence electrons. The summed E-state index contributed by atoms with van der Waals surface area (Å²) in [6.45, 7) is 1.32. The second-order valence-corrected chi connectivity index (χ2v) is 5.22. The van der Waals surface area contributed by atoms with Crippen LogP contribution in [-0.2, 0) is 0 Å². The zero-order valence-electron chi connectivity index (χ0n) is 9.90. The molecule has 0 spiro atoms. The van der Waals surface area contributed by atoms with Gasteiger partial charge < -0.3 is 10.0 Å². The molecule has 0 radical (unpaired) electrons. The summed E-state index contributed by atoms with van der Waals surface area (Å²) in [5.74, 6) is -0.538. The van der Waals surface area contributed by atoms with Gasteiger partial charge in [0.05, 0.1) is 5.56 Å². The molecule has 1 aliphatic heterocycles. The fourth-order valence-electron chi connectivity index (χ4n) is 2.23. The van der Waals surface area contributed by atoms with Crippen molar-refractivity contribution < 1.29 is 14.3 Å². The van der Waals surface area contributed by atoms with Gasteiger partial charge in [-0.1, -0.05) is 15.9 Å². The molecule has 1 heterocycles. The summed E-state index contributed by atoms with van der Waals surface area (Å²) < 4.78 is 13.1. The van der Waals surface area contributed by atoms with Crippen LogP contribution in [0.15, 0.2) is 18.2 Å². The number of carbonyl (C=O) groups excluding carboxylic acids is 1. The lowest BCUT2D eigenvalue weighted by atomic mass is 9.99. The van der Waals surface area contributed by atoms with Gasteiger partial charge in [-0.05, 0) is 37.0 Å². The minimum atomic E-state index is -0.509. The molecule has 5 heteroatoms. The van der Waals surface area contributed by atoms with Crippen LogP contribution in [0.4, 0.5) is 4.39 Å². The Kier molecular flexibility index (Phi) is 4.22. The average molecular weight is 316 g/mol. The topological polar surface area (TPSA) is 40.5 Å². The second-order valence-electron chi connectivity index (χ2n) is 4.58. The van der Waals surface area contributed by atoms with Crippen LogP contribution in [0.5, 0.6) is 5.75 Å². The predicted octanol–water partition coefficient (Wildman–Crippen LogP) is 2.78. The van der Waals surface area contributed by atoms with Gasteiger partial charge in [0.1, 0.15) is 11.6 Å². The van der Waals surface area contributed by atoms with E-state index >= 15 is 0 Å². The molecule has 2 rings (SSSR count). The maximum atomic E-state index is 13.1. The van der Waals surface area contributed by atoms with E-state index < -0.39 is 5.82 Å². The number of phenolic OH excluding ortho intramolecular Hbond substituents is 1. The monoisotopic (exact) mass is 315 g/mol. The van der Waals surface area contributed by atoms with E-state index in [0.717, 1.165) is 30.3 Å². The van der Waals surface area contributed by atoms with Crippen molar-refractivity contribution in [2.75, 3.05) is 18.4 Å². The number of hydrogen-bond donors (Lipinski definition) is 1. The Morgan fingerprint density at radius 2 is 2.33 bits per heavy atom. The van der Waals surface area contributed by atoms with E-state index in [2.05, 4.69) is 15.9 Å². The van der Waals surface area contributed by atoms with Crippen LogP contribution in [0.25, 0.3) is 0 Å². The molecule has 1 aromatic rings. The van der Waals surface area contributed by atoms with Crippen LogP contribution >= 0.6 is 15.9 Å². The molecular formula is C13H15BrFNO2. The lowest BCUT2D eigenvalue weighted by Crippen LogP contribution is -2.40. The summed E-state index contributed by atoms with van der Waals surface area (Å²) in [6.07, 6.45) is 2.03. The summed E-state index contributed by atoms with van der Waals surface area (Å²) >= 11 is 3.42. The van der Waals surface area contributed by atoms with Crippen molar-refractivity contribution in [1.82, 2.24) is 4.90 Å². The molecule has 1 fully saturated rings. The van der Waals surface area contributed by atoms with Crippen molar-refractivity contribution in [2.45, 2.75) is 12.8 Å². The first-order chi connectivity index (χ1) is 8.61. The molecule has 1 N–H and O–H groups in total. The molecule has 1 atom stereocenters. The van der Waals surface area contributed by atoms with Gasteiger partial charge in [0.15, 0.2) is 0 Å². The van der Waals surface area contributed by atoms with Gasteiger partial charge in [-0.15, -0.1) is 0 Å². The minimum absolute atomic E-state index is 0.0465. The van der Waals surface area contributed by atoms with Gasteiger partial charge >= 0.3 is 0 Å². The third-order valence-electron chi connectivity index (χ3n) is 3.21. The molecule has 1 aliphatic rings. The number of rotatable bonds is 2. The third-order valence-corrected chi connectivity index (χ3v) is 4.13. The van der Waals surface area contributed by atoms with E-state index in [1.54, 1.807) is 4.90 Å². The van der Waals surface area contributed by atoms with Gasteiger partial charge in [-0.25, -0.2) is 4.39 Å². The van der Waals surface area contributed by atoms with Crippen molar-refractivity contribution in [3.05, 3.63) is 29.6 Å². The fraction of sp³-hybridized carbons (Fsp3) is 0.462. The molecule has 1 unspecified atom stereocenters. The van der Waals surface area contributed by atoms with Gasteiger partial charge in [0.25, 0.3) is 5.91 Å². The number of likely N-dealkylation sites (tertiary alicyclic amines) is 1. The molecule has 1 saturated heterocycles. The van der Waals surface area contributed by atoms with Crippen LogP contribution < -0.4 is 0 Å². The summed E-state index contributed by atoms with van der Waals surface area (Å²) in [5, 5.41) is 10.5. The number of hydrogen-bond acceptors (Lipinski definition) is 2. The summed E-state index contributed by atoms with van der Waals surface area (Å²) in [4.78, 5) is 13.9. The third kappa shape index (κ3) is 2.83. The normalized spacial score (nSPS) is 19.9. The fourth-order valence-corrected chi connectivity index (χ4v) is 2.75. The highest BCUT2D eigenvalue weighted by Gasteiger charge is 2.25. The molecule has 0 aliphatic carbocycles. The highest BCUT2D eigenvalue weighted by atomic mass is 79.9. The largest absolute Gasteiger partial charge is 0.507 e. The Morgan fingerprint density at radius 1 is 1.56 bits per heavy atom. The van der Waals surface area contributed by atoms with Crippen molar-refractivity contribution in [1.29, 1.82) is 0 Å². The molecule has 18 heavy (non-hydrogen) atoms. The molecule has 0 aromatic heterocycles. The number of benzene rings is 1. The Hall–Kier alpha value is -1.10. The van der Waals surface area contributed by atoms with Crippen molar-refractivity contribution in [3.8, 4) is 5.75 Å². The lowest BCUT2D eigenvalue weighted by molar-refractivity contribution is 0.0682. The minimum Gasteiger partial charge on any atom is -0.507 e. The van der Waals surface area contributed by atoms with Crippen molar-refractivity contribution in [3.63, 3.8) is 0 Å². The number of halogens is 2. The van der Waals surface area contributed by atoms with E-state index in [1.807, 2.05) is 0 Å². The number of nitrogens with zero attached hydrogens (tertiary/aromatic N) is 1. The van der Waals surface area contributed by atoms with E-state index in [9.17, 15) is 14.3 Å². The first kappa shape index (κ1) is 13.3. The van der Waals surface area contributed by atoms with Crippen molar-refractivity contribution >= 4 is 21.8 Å². The SMILES string of the molecule is O=C(c1cc(F)ccc1O)N1CCCC(CBr)C1. The molecule has 1 amide bonds. The van der Waals surface area contributed by atoms with Crippen LogP contribution in [0.1, 0.15) is 23.2 Å². The van der Waals surface area contributed by atoms with Gasteiger partial charge in [-0.2, -0.15) is 0 Å². The highest BCUT2D eigenvalue weighted by molar-refractivity contribution is 9.09. The Balaban J connectivity index is 2.17. The summed E-state index contributed by atoms with van der Waals surface area (Å²) in [6, 6.07) is 3.45. The standard InChI is InChI=1S/C13H15BrFNO2/c14-7-9-2-1-5-16(8-9)13(18)11-6-10(15)3-4-12(11)17/h3-4,6,9,17H,1-2,5,7-8H2. The quantitative estimate of drug-likeness (QED) is 0.853. The maximum absolute atomic E-state index is 13.1. The average Bonchev–Trinajstić information content (AvgIpc) is 2.41. The number of carbonyl (C=O) groups is 1. The van der Waals surface area contributed by atoms with Gasteiger partial charge in [0, 0.05) is 18.4 Å². The van der Waals surface area contributed by atoms with E-state index in [-0.39, 0.29) is 17.2 Å². The van der Waals surface area contributed by atoms with Crippen LogP contribution in [0, 0.1) is 11.7 Å². The first-order valence-corrected chi connectivity index (χ1v) is 7.07. The number of aromatic hydroxyl groups is 1. The zero-order valence-corrected chi connectivity index (χ0v) is 11.5. The molecule has 1 aromatic carbocycles. The van der Waals surface area contributed by atoms with Gasteiger partial charge in [0.2, 0.25) is 0 Å². The van der Waals surface area contributed by atoms with E-state index in [4.69, 9.17) is 0 Å². The van der Waals surface area contributed by atoms with Crippen LogP contribution in [0.3, 0.4) is 0 Å². The second kappa shape index (κ2) is 5.69. The van der Waals surface area contributed by atoms with Crippen LogP contribution in [0.2, 0.25) is 0 Å². The Labute approximate surface area is 114 Å². The van der Waals surface area contributed by atoms with Gasteiger partial charge in [-0.3, -0.25) is 4.79 Å². The highest BCUT2D eigenvalue weighted by Crippen LogP contribution is 2.24. The maximum Gasteiger partial charge on any atom is 0.257 e. The summed E-state index contributed by atoms with van der Waals surface area (Å²) in [5.41, 5.74) is 0.0465. The van der Waals surface area contributed by atoms with E-state index in [1.165, 1.54) is 6.07 Å². The van der Waals surface area contributed by atoms with Crippen molar-refractivity contribution in [2.24, 2.45) is 5.92 Å². The Bertz CT molecular complexity index is 453. The first-order valence-electron chi connectivity index (χ1n) is 5.95. The number of amides is 1. The number of piperidine rings is 1. The molecule has 0 saturated carbocycles. The molecular weight excluding hydrogens is 301 g/mol. The smallest absolute Gasteiger partial charge is 0.257 e. The van der Waals surface area contributed by atoms with E-state index in [0.29, 0.717) is 19.0 Å². The predicted molar refractivity (Wildman–Crippen MR) is 70.5 cm³/mol. The molecule has 3 nitrogen and oxygen atoms in total. The Morgan fingerprint density at radius 3 is 3.06 bits per heavy atom. The molecule has 0 bridgehead atoms. The van der Waals surface area contributed by atoms with Crippen LogP contribution in [-0.4, -0.2) is 34.3 Å². The zero-order chi connectivity index (χ0) is 13.1. The number of alkyl halides is 1. The number of phenols is 1.